The highest BCUT2D eigenvalue weighted by Crippen LogP contribution is 2.30. The number of nitrogens with zero attached hydrogens (tertiary/aromatic N) is 1. The molecule has 2 atom stereocenters. The van der Waals surface area contributed by atoms with Crippen LogP contribution in [-0.2, 0) is 12.0 Å². The minimum absolute atomic E-state index is 0.184. The number of rotatable bonds is 4. The van der Waals surface area contributed by atoms with E-state index in [0.29, 0.717) is 0 Å². The summed E-state index contributed by atoms with van der Waals surface area (Å²) in [4.78, 5) is 5.90. The summed E-state index contributed by atoms with van der Waals surface area (Å²) in [6.45, 7) is 11.2. The highest BCUT2D eigenvalue weighted by Gasteiger charge is 2.21. The summed E-state index contributed by atoms with van der Waals surface area (Å²) in [6, 6.07) is 0. The van der Waals surface area contributed by atoms with Gasteiger partial charge in [-0.15, -0.1) is 11.3 Å². The van der Waals surface area contributed by atoms with Crippen LogP contribution in [0.15, 0.2) is 6.20 Å². The summed E-state index contributed by atoms with van der Waals surface area (Å²) < 4.78 is 0. The van der Waals surface area contributed by atoms with Crippen LogP contribution >= 0.6 is 11.3 Å². The molecule has 102 valence electrons. The summed E-state index contributed by atoms with van der Waals surface area (Å²) in [7, 11) is 0. The molecule has 0 bridgehead atoms. The maximum Gasteiger partial charge on any atom is 0.0981 e. The zero-order chi connectivity index (χ0) is 13.2. The van der Waals surface area contributed by atoms with Crippen LogP contribution in [0, 0.1) is 11.8 Å². The average molecular weight is 266 g/mol. The second-order valence-electron chi connectivity index (χ2n) is 6.80. The van der Waals surface area contributed by atoms with E-state index in [4.69, 9.17) is 0 Å². The van der Waals surface area contributed by atoms with Gasteiger partial charge in [-0.05, 0) is 31.2 Å². The third-order valence-electron chi connectivity index (χ3n) is 3.73. The van der Waals surface area contributed by atoms with Crippen molar-refractivity contribution in [3.05, 3.63) is 16.1 Å². The Bertz CT molecular complexity index is 378. The Morgan fingerprint density at radius 2 is 2.17 bits per heavy atom. The Hall–Kier alpha value is -0.410. The van der Waals surface area contributed by atoms with E-state index in [0.717, 1.165) is 18.4 Å². The van der Waals surface area contributed by atoms with Crippen molar-refractivity contribution in [2.24, 2.45) is 11.8 Å². The molecule has 1 aromatic rings. The molecule has 1 aliphatic carbocycles. The molecule has 0 aromatic carbocycles. The molecular weight excluding hydrogens is 240 g/mol. The van der Waals surface area contributed by atoms with Crippen molar-refractivity contribution in [3.63, 3.8) is 0 Å². The van der Waals surface area contributed by atoms with E-state index in [1.165, 1.54) is 35.7 Å². The van der Waals surface area contributed by atoms with E-state index in [1.807, 2.05) is 17.5 Å². The Morgan fingerprint density at radius 3 is 2.72 bits per heavy atom. The lowest BCUT2D eigenvalue weighted by Crippen LogP contribution is -2.20. The van der Waals surface area contributed by atoms with Crippen LogP contribution < -0.4 is 5.32 Å². The second kappa shape index (κ2) is 5.70. The van der Waals surface area contributed by atoms with E-state index < -0.39 is 0 Å². The van der Waals surface area contributed by atoms with E-state index in [1.54, 1.807) is 0 Å². The van der Waals surface area contributed by atoms with Crippen LogP contribution in [0.25, 0.3) is 0 Å². The van der Waals surface area contributed by atoms with E-state index in [2.05, 4.69) is 38.0 Å². The molecule has 2 unspecified atom stereocenters. The van der Waals surface area contributed by atoms with Crippen molar-refractivity contribution < 1.29 is 0 Å². The van der Waals surface area contributed by atoms with Gasteiger partial charge in [-0.25, -0.2) is 4.98 Å². The van der Waals surface area contributed by atoms with Crippen molar-refractivity contribution in [2.45, 2.75) is 58.9 Å². The quantitative estimate of drug-likeness (QED) is 0.892. The van der Waals surface area contributed by atoms with Gasteiger partial charge in [-0.2, -0.15) is 0 Å². The lowest BCUT2D eigenvalue weighted by atomic mass is 9.98. The van der Waals surface area contributed by atoms with Crippen LogP contribution in [0.4, 0.5) is 0 Å². The molecule has 0 spiro atoms. The largest absolute Gasteiger partial charge is 0.312 e. The van der Waals surface area contributed by atoms with Gasteiger partial charge in [-0.1, -0.05) is 34.1 Å². The lowest BCUT2D eigenvalue weighted by Gasteiger charge is -2.13. The van der Waals surface area contributed by atoms with Crippen molar-refractivity contribution in [2.75, 3.05) is 6.54 Å². The molecule has 1 aromatic heterocycles. The van der Waals surface area contributed by atoms with Crippen LogP contribution in [-0.4, -0.2) is 11.5 Å². The zero-order valence-electron chi connectivity index (χ0n) is 12.1. The first-order chi connectivity index (χ1) is 8.45. The molecule has 0 amide bonds. The van der Waals surface area contributed by atoms with Crippen molar-refractivity contribution in [1.82, 2.24) is 10.3 Å². The molecule has 2 nitrogen and oxygen atoms in total. The molecular formula is C15H26N2S. The van der Waals surface area contributed by atoms with E-state index in [-0.39, 0.29) is 5.41 Å². The average Bonchev–Trinajstić information content (AvgIpc) is 2.87. The lowest BCUT2D eigenvalue weighted by molar-refractivity contribution is 0.472. The molecule has 0 aliphatic heterocycles. The second-order valence-corrected chi connectivity index (χ2v) is 7.91. The molecule has 1 N–H and O–H groups in total. The van der Waals surface area contributed by atoms with Gasteiger partial charge in [0, 0.05) is 23.0 Å². The van der Waals surface area contributed by atoms with Crippen molar-refractivity contribution in [1.29, 1.82) is 0 Å². The predicted octanol–water partition coefficient (Wildman–Crippen LogP) is 3.97. The smallest absolute Gasteiger partial charge is 0.0981 e. The molecule has 1 aliphatic rings. The van der Waals surface area contributed by atoms with Gasteiger partial charge in [0.25, 0.3) is 0 Å². The monoisotopic (exact) mass is 266 g/mol. The maximum absolute atomic E-state index is 4.53. The van der Waals surface area contributed by atoms with Gasteiger partial charge in [0.05, 0.1) is 5.01 Å². The van der Waals surface area contributed by atoms with Crippen LogP contribution in [0.3, 0.4) is 0 Å². The summed E-state index contributed by atoms with van der Waals surface area (Å²) in [5.74, 6) is 1.84. The van der Waals surface area contributed by atoms with Crippen LogP contribution in [0.5, 0.6) is 0 Å². The first-order valence-corrected chi connectivity index (χ1v) is 7.92. The van der Waals surface area contributed by atoms with Gasteiger partial charge >= 0.3 is 0 Å². The summed E-state index contributed by atoms with van der Waals surface area (Å²) in [5, 5.41) is 4.84. The Labute approximate surface area is 115 Å². The van der Waals surface area contributed by atoms with E-state index >= 15 is 0 Å². The van der Waals surface area contributed by atoms with Gasteiger partial charge in [0.15, 0.2) is 0 Å². The Morgan fingerprint density at radius 1 is 1.39 bits per heavy atom. The molecule has 0 saturated heterocycles. The number of nitrogens with one attached hydrogen (secondary N) is 1. The van der Waals surface area contributed by atoms with Gasteiger partial charge in [-0.3, -0.25) is 0 Å². The molecule has 0 radical (unpaired) electrons. The minimum Gasteiger partial charge on any atom is -0.312 e. The molecule has 1 heterocycles. The minimum atomic E-state index is 0.184. The number of aromatic nitrogens is 1. The number of hydrogen-bond donors (Lipinski definition) is 1. The fraction of sp³-hybridized carbons (Fsp3) is 0.800. The standard InChI is InChI=1S/C15H26N2S/c1-11-5-6-12(7-11)8-16-9-13-10-17-14(18-13)15(2,3)4/h10-12,16H,5-9H2,1-4H3. The third-order valence-corrected chi connectivity index (χ3v) is 5.15. The fourth-order valence-electron chi connectivity index (χ4n) is 2.65. The fourth-order valence-corrected chi connectivity index (χ4v) is 3.59. The van der Waals surface area contributed by atoms with Gasteiger partial charge in [0.2, 0.25) is 0 Å². The molecule has 18 heavy (non-hydrogen) atoms. The summed E-state index contributed by atoms with van der Waals surface area (Å²) in [5.41, 5.74) is 0.184. The van der Waals surface area contributed by atoms with E-state index in [9.17, 15) is 0 Å². The normalized spacial score (nSPS) is 24.7. The van der Waals surface area contributed by atoms with Crippen LogP contribution in [0.2, 0.25) is 0 Å². The number of hydrogen-bond acceptors (Lipinski definition) is 3. The van der Waals surface area contributed by atoms with Crippen molar-refractivity contribution in [3.8, 4) is 0 Å². The molecule has 1 saturated carbocycles. The van der Waals surface area contributed by atoms with Crippen molar-refractivity contribution >= 4 is 11.3 Å². The summed E-state index contributed by atoms with van der Waals surface area (Å²) >= 11 is 1.85. The Kier molecular flexibility index (Phi) is 4.44. The van der Waals surface area contributed by atoms with Gasteiger partial charge in [0.1, 0.15) is 0 Å². The highest BCUT2D eigenvalue weighted by molar-refractivity contribution is 7.11. The first-order valence-electron chi connectivity index (χ1n) is 7.11. The first kappa shape index (κ1) is 14.0. The maximum atomic E-state index is 4.53. The topological polar surface area (TPSA) is 24.9 Å². The molecule has 3 heteroatoms. The van der Waals surface area contributed by atoms with Crippen LogP contribution in [0.1, 0.15) is 56.8 Å². The van der Waals surface area contributed by atoms with Gasteiger partial charge < -0.3 is 5.32 Å². The Balaban J connectivity index is 1.75. The molecule has 2 rings (SSSR count). The third kappa shape index (κ3) is 3.79. The molecule has 1 fully saturated rings. The summed E-state index contributed by atoms with van der Waals surface area (Å²) in [6.07, 6.45) is 6.27. The predicted molar refractivity (Wildman–Crippen MR) is 79.0 cm³/mol. The SMILES string of the molecule is CC1CCC(CNCc2cnc(C(C)(C)C)s2)C1. The highest BCUT2D eigenvalue weighted by atomic mass is 32.1. The number of thiazole rings is 1. The zero-order valence-corrected chi connectivity index (χ0v) is 12.9.